The van der Waals surface area contributed by atoms with Crippen LogP contribution in [-0.2, 0) is 9.47 Å². The van der Waals surface area contributed by atoms with E-state index in [1.807, 2.05) is 0 Å². The smallest absolute Gasteiger partial charge is 0.0813 e. The SMILES string of the molecule is CCNC1CCC(OC2CCCOC2)CC1. The first kappa shape index (κ1) is 12.3. The van der Waals surface area contributed by atoms with E-state index < -0.39 is 0 Å². The second-order valence-corrected chi connectivity index (χ2v) is 5.01. The Morgan fingerprint density at radius 2 is 1.94 bits per heavy atom. The van der Waals surface area contributed by atoms with Gasteiger partial charge in [-0.15, -0.1) is 0 Å². The van der Waals surface area contributed by atoms with Gasteiger partial charge in [0.25, 0.3) is 0 Å². The summed E-state index contributed by atoms with van der Waals surface area (Å²) in [5, 5.41) is 3.53. The molecule has 1 atom stereocenters. The van der Waals surface area contributed by atoms with Crippen molar-refractivity contribution in [2.24, 2.45) is 0 Å². The van der Waals surface area contributed by atoms with E-state index in [1.165, 1.54) is 32.1 Å². The van der Waals surface area contributed by atoms with Gasteiger partial charge in [-0.3, -0.25) is 0 Å². The quantitative estimate of drug-likeness (QED) is 0.798. The monoisotopic (exact) mass is 227 g/mol. The molecule has 0 aromatic carbocycles. The van der Waals surface area contributed by atoms with Crippen molar-refractivity contribution in [2.45, 2.75) is 63.7 Å². The van der Waals surface area contributed by atoms with E-state index in [9.17, 15) is 0 Å². The molecule has 1 heterocycles. The highest BCUT2D eigenvalue weighted by atomic mass is 16.5. The summed E-state index contributed by atoms with van der Waals surface area (Å²) in [5.74, 6) is 0. The molecule has 1 saturated heterocycles. The number of rotatable bonds is 4. The van der Waals surface area contributed by atoms with E-state index >= 15 is 0 Å². The van der Waals surface area contributed by atoms with E-state index in [1.54, 1.807) is 0 Å². The van der Waals surface area contributed by atoms with Crippen molar-refractivity contribution in [1.29, 1.82) is 0 Å². The largest absolute Gasteiger partial charge is 0.379 e. The van der Waals surface area contributed by atoms with Gasteiger partial charge >= 0.3 is 0 Å². The maximum Gasteiger partial charge on any atom is 0.0813 e. The minimum absolute atomic E-state index is 0.370. The van der Waals surface area contributed by atoms with Crippen LogP contribution in [0.3, 0.4) is 0 Å². The van der Waals surface area contributed by atoms with Crippen LogP contribution in [0.2, 0.25) is 0 Å². The lowest BCUT2D eigenvalue weighted by Gasteiger charge is -2.33. The fourth-order valence-electron chi connectivity index (χ4n) is 2.78. The molecule has 1 unspecified atom stereocenters. The summed E-state index contributed by atoms with van der Waals surface area (Å²) in [7, 11) is 0. The van der Waals surface area contributed by atoms with Crippen LogP contribution in [0.15, 0.2) is 0 Å². The lowest BCUT2D eigenvalue weighted by molar-refractivity contribution is -0.0941. The van der Waals surface area contributed by atoms with Gasteiger partial charge in [-0.25, -0.2) is 0 Å². The first-order chi connectivity index (χ1) is 7.88. The Bertz CT molecular complexity index is 184. The zero-order chi connectivity index (χ0) is 11.2. The molecule has 0 aromatic rings. The molecule has 16 heavy (non-hydrogen) atoms. The summed E-state index contributed by atoms with van der Waals surface area (Å²) in [6.07, 6.45) is 8.18. The molecule has 1 aliphatic heterocycles. The van der Waals surface area contributed by atoms with Crippen molar-refractivity contribution in [3.63, 3.8) is 0 Å². The molecule has 94 valence electrons. The van der Waals surface area contributed by atoms with Gasteiger partial charge in [-0.1, -0.05) is 6.92 Å². The first-order valence-corrected chi connectivity index (χ1v) is 6.85. The Hall–Kier alpha value is -0.120. The molecule has 1 N–H and O–H groups in total. The standard InChI is InChI=1S/C13H25NO2/c1-2-14-11-5-7-12(8-6-11)16-13-4-3-9-15-10-13/h11-14H,2-10H2,1H3. The molecule has 0 radical (unpaired) electrons. The van der Waals surface area contributed by atoms with Gasteiger partial charge in [0.05, 0.1) is 18.8 Å². The van der Waals surface area contributed by atoms with Crippen molar-refractivity contribution in [3.05, 3.63) is 0 Å². The van der Waals surface area contributed by atoms with Crippen molar-refractivity contribution >= 4 is 0 Å². The van der Waals surface area contributed by atoms with Crippen LogP contribution in [0, 0.1) is 0 Å². The minimum atomic E-state index is 0.370. The highest BCUT2D eigenvalue weighted by molar-refractivity contribution is 4.78. The van der Waals surface area contributed by atoms with Crippen LogP contribution in [0.25, 0.3) is 0 Å². The van der Waals surface area contributed by atoms with E-state index in [0.717, 1.165) is 32.2 Å². The number of hydrogen-bond donors (Lipinski definition) is 1. The molecule has 1 aliphatic carbocycles. The molecule has 0 spiro atoms. The van der Waals surface area contributed by atoms with E-state index in [0.29, 0.717) is 12.2 Å². The van der Waals surface area contributed by atoms with Crippen molar-refractivity contribution < 1.29 is 9.47 Å². The van der Waals surface area contributed by atoms with Gasteiger partial charge in [-0.05, 0) is 45.1 Å². The number of hydrogen-bond acceptors (Lipinski definition) is 3. The van der Waals surface area contributed by atoms with Crippen LogP contribution >= 0.6 is 0 Å². The normalized spacial score (nSPS) is 36.2. The summed E-state index contributed by atoms with van der Waals surface area (Å²) in [6, 6.07) is 0.729. The molecule has 3 nitrogen and oxygen atoms in total. The summed E-state index contributed by atoms with van der Waals surface area (Å²) in [4.78, 5) is 0. The number of ether oxygens (including phenoxy) is 2. The first-order valence-electron chi connectivity index (χ1n) is 6.85. The number of nitrogens with one attached hydrogen (secondary N) is 1. The van der Waals surface area contributed by atoms with E-state index in [4.69, 9.17) is 9.47 Å². The van der Waals surface area contributed by atoms with Gasteiger partial charge in [-0.2, -0.15) is 0 Å². The van der Waals surface area contributed by atoms with Gasteiger partial charge < -0.3 is 14.8 Å². The van der Waals surface area contributed by atoms with Crippen molar-refractivity contribution in [3.8, 4) is 0 Å². The molecule has 2 rings (SSSR count). The third-order valence-corrected chi connectivity index (χ3v) is 3.67. The Labute approximate surface area is 98.9 Å². The maximum atomic E-state index is 6.11. The van der Waals surface area contributed by atoms with Crippen LogP contribution in [0.4, 0.5) is 0 Å². The lowest BCUT2D eigenvalue weighted by Crippen LogP contribution is -2.37. The molecule has 0 bridgehead atoms. The van der Waals surface area contributed by atoms with Crippen LogP contribution < -0.4 is 5.32 Å². The Kier molecular flexibility index (Phi) is 5.07. The Balaban J connectivity index is 1.64. The molecule has 1 saturated carbocycles. The van der Waals surface area contributed by atoms with Crippen molar-refractivity contribution in [1.82, 2.24) is 5.32 Å². The van der Waals surface area contributed by atoms with Gasteiger partial charge in [0.2, 0.25) is 0 Å². The Morgan fingerprint density at radius 3 is 2.56 bits per heavy atom. The lowest BCUT2D eigenvalue weighted by atomic mass is 9.92. The predicted octanol–water partition coefficient (Wildman–Crippen LogP) is 2.10. The zero-order valence-corrected chi connectivity index (χ0v) is 10.4. The van der Waals surface area contributed by atoms with E-state index in [2.05, 4.69) is 12.2 Å². The Morgan fingerprint density at radius 1 is 1.12 bits per heavy atom. The van der Waals surface area contributed by atoms with E-state index in [-0.39, 0.29) is 0 Å². The molecule has 2 aliphatic rings. The van der Waals surface area contributed by atoms with Gasteiger partial charge in [0.1, 0.15) is 0 Å². The zero-order valence-electron chi connectivity index (χ0n) is 10.4. The van der Waals surface area contributed by atoms with Crippen LogP contribution in [-0.4, -0.2) is 38.0 Å². The van der Waals surface area contributed by atoms with Crippen LogP contribution in [0.5, 0.6) is 0 Å². The minimum Gasteiger partial charge on any atom is -0.379 e. The molecule has 2 fully saturated rings. The molecule has 0 amide bonds. The third-order valence-electron chi connectivity index (χ3n) is 3.67. The van der Waals surface area contributed by atoms with Gasteiger partial charge in [0.15, 0.2) is 0 Å². The summed E-state index contributed by atoms with van der Waals surface area (Å²) in [5.41, 5.74) is 0. The molecular formula is C13H25NO2. The second-order valence-electron chi connectivity index (χ2n) is 5.01. The third kappa shape index (κ3) is 3.72. The highest BCUT2D eigenvalue weighted by Gasteiger charge is 2.24. The van der Waals surface area contributed by atoms with Gasteiger partial charge in [0, 0.05) is 12.6 Å². The fourth-order valence-corrected chi connectivity index (χ4v) is 2.78. The molecular weight excluding hydrogens is 202 g/mol. The molecule has 0 aromatic heterocycles. The summed E-state index contributed by atoms with van der Waals surface area (Å²) >= 11 is 0. The average Bonchev–Trinajstić information content (AvgIpc) is 2.33. The topological polar surface area (TPSA) is 30.5 Å². The second kappa shape index (κ2) is 6.58. The van der Waals surface area contributed by atoms with Crippen LogP contribution in [0.1, 0.15) is 45.4 Å². The predicted molar refractivity (Wildman–Crippen MR) is 64.6 cm³/mol. The van der Waals surface area contributed by atoms with Crippen molar-refractivity contribution in [2.75, 3.05) is 19.8 Å². The summed E-state index contributed by atoms with van der Waals surface area (Å²) in [6.45, 7) is 5.01. The summed E-state index contributed by atoms with van der Waals surface area (Å²) < 4.78 is 11.6. The fraction of sp³-hybridized carbons (Fsp3) is 1.00. The maximum absolute atomic E-state index is 6.11. The molecule has 3 heteroatoms. The average molecular weight is 227 g/mol. The highest BCUT2D eigenvalue weighted by Crippen LogP contribution is 2.24.